The van der Waals surface area contributed by atoms with E-state index in [9.17, 15) is 4.79 Å². The number of aromatic nitrogens is 1. The quantitative estimate of drug-likeness (QED) is 0.581. The molecule has 1 amide bonds. The van der Waals surface area contributed by atoms with Gasteiger partial charge in [-0.25, -0.2) is 0 Å². The summed E-state index contributed by atoms with van der Waals surface area (Å²) in [4.78, 5) is 19.0. The Hall–Kier alpha value is -2.60. The van der Waals surface area contributed by atoms with Crippen LogP contribution in [-0.2, 0) is 0 Å². The van der Waals surface area contributed by atoms with Crippen LogP contribution in [0.15, 0.2) is 53.0 Å². The molecule has 0 spiro atoms. The first kappa shape index (κ1) is 19.2. The molecule has 3 aromatic rings. The van der Waals surface area contributed by atoms with E-state index in [0.717, 1.165) is 26.9 Å². The Balaban J connectivity index is 1.68. The number of methoxy groups -OCH3 is 1. The van der Waals surface area contributed by atoms with Gasteiger partial charge >= 0.3 is 0 Å². The van der Waals surface area contributed by atoms with Gasteiger partial charge in [-0.15, -0.1) is 0 Å². The summed E-state index contributed by atoms with van der Waals surface area (Å²) in [6, 6.07) is 15.1. The van der Waals surface area contributed by atoms with Gasteiger partial charge in [0.15, 0.2) is 0 Å². The number of benzene rings is 2. The highest BCUT2D eigenvalue weighted by atomic mass is 79.9. The van der Waals surface area contributed by atoms with E-state index in [4.69, 9.17) is 9.47 Å². The van der Waals surface area contributed by atoms with Crippen molar-refractivity contribution in [1.29, 1.82) is 0 Å². The molecule has 2 aromatic carbocycles. The summed E-state index contributed by atoms with van der Waals surface area (Å²) in [5, 5.41) is 0.907. The first-order valence-corrected chi connectivity index (χ1v) is 9.36. The van der Waals surface area contributed by atoms with Crippen LogP contribution in [0.1, 0.15) is 16.1 Å². The molecule has 1 heterocycles. The first-order valence-electron chi connectivity index (χ1n) is 8.57. The van der Waals surface area contributed by atoms with Crippen molar-refractivity contribution in [2.45, 2.75) is 6.92 Å². The number of halogens is 1. The van der Waals surface area contributed by atoms with E-state index in [0.29, 0.717) is 24.4 Å². The molecule has 0 fully saturated rings. The van der Waals surface area contributed by atoms with Gasteiger partial charge in [0.25, 0.3) is 5.91 Å². The minimum atomic E-state index is -0.0721. The molecule has 0 radical (unpaired) electrons. The van der Waals surface area contributed by atoms with Crippen molar-refractivity contribution < 1.29 is 14.3 Å². The van der Waals surface area contributed by atoms with Gasteiger partial charge in [0.1, 0.15) is 18.1 Å². The topological polar surface area (TPSA) is 51.7 Å². The number of carbonyl (C=O) groups excluding carboxylic acids is 1. The number of hydrogen-bond acceptors (Lipinski definition) is 4. The van der Waals surface area contributed by atoms with Gasteiger partial charge in [-0.05, 0) is 49.4 Å². The number of likely N-dealkylation sites (N-methyl/N-ethyl adjacent to an activating group) is 1. The predicted molar refractivity (Wildman–Crippen MR) is 110 cm³/mol. The normalized spacial score (nSPS) is 10.7. The number of fused-ring (bicyclic) bond motifs is 1. The smallest absolute Gasteiger partial charge is 0.255 e. The molecule has 3 rings (SSSR count). The predicted octanol–water partition coefficient (Wildman–Crippen LogP) is 4.47. The van der Waals surface area contributed by atoms with Crippen LogP contribution in [0.5, 0.6) is 11.5 Å². The Morgan fingerprint density at radius 2 is 1.81 bits per heavy atom. The Morgan fingerprint density at radius 1 is 1.11 bits per heavy atom. The molecule has 0 aliphatic heterocycles. The van der Waals surface area contributed by atoms with E-state index < -0.39 is 0 Å². The maximum atomic E-state index is 12.8. The fourth-order valence-electron chi connectivity index (χ4n) is 2.73. The van der Waals surface area contributed by atoms with Gasteiger partial charge < -0.3 is 14.4 Å². The number of rotatable bonds is 6. The molecule has 0 unspecified atom stereocenters. The lowest BCUT2D eigenvalue weighted by Crippen LogP contribution is -2.31. The van der Waals surface area contributed by atoms with E-state index in [2.05, 4.69) is 20.9 Å². The van der Waals surface area contributed by atoms with Crippen LogP contribution < -0.4 is 9.47 Å². The second-order valence-corrected chi connectivity index (χ2v) is 7.12. The Morgan fingerprint density at radius 3 is 2.52 bits per heavy atom. The largest absolute Gasteiger partial charge is 0.497 e. The highest BCUT2D eigenvalue weighted by Crippen LogP contribution is 2.22. The number of nitrogens with zero attached hydrogens (tertiary/aromatic N) is 2. The third-order valence-electron chi connectivity index (χ3n) is 4.30. The molecule has 6 heteroatoms. The zero-order valence-corrected chi connectivity index (χ0v) is 17.1. The summed E-state index contributed by atoms with van der Waals surface area (Å²) in [6.45, 7) is 2.74. The van der Waals surface area contributed by atoms with Crippen molar-refractivity contribution in [2.24, 2.45) is 0 Å². The van der Waals surface area contributed by atoms with Crippen LogP contribution in [0.25, 0.3) is 10.9 Å². The van der Waals surface area contributed by atoms with Crippen LogP contribution in [0.2, 0.25) is 0 Å². The minimum absolute atomic E-state index is 0.0721. The lowest BCUT2D eigenvalue weighted by molar-refractivity contribution is 0.0773. The van der Waals surface area contributed by atoms with Crippen LogP contribution >= 0.6 is 15.9 Å². The van der Waals surface area contributed by atoms with Crippen LogP contribution in [0, 0.1) is 6.92 Å². The van der Waals surface area contributed by atoms with Crippen LogP contribution in [0.3, 0.4) is 0 Å². The number of aryl methyl sites for hydroxylation is 1. The molecule has 0 saturated heterocycles. The molecule has 27 heavy (non-hydrogen) atoms. The zero-order valence-electron chi connectivity index (χ0n) is 15.5. The molecule has 0 N–H and O–H groups in total. The Labute approximate surface area is 167 Å². The summed E-state index contributed by atoms with van der Waals surface area (Å²) in [5.41, 5.74) is 2.10. The lowest BCUT2D eigenvalue weighted by atomic mass is 10.1. The lowest BCUT2D eigenvalue weighted by Gasteiger charge is -2.19. The second kappa shape index (κ2) is 8.39. The van der Waals surface area contributed by atoms with Gasteiger partial charge in [-0.3, -0.25) is 9.78 Å². The van der Waals surface area contributed by atoms with Crippen molar-refractivity contribution >= 4 is 32.7 Å². The number of amides is 1. The van der Waals surface area contributed by atoms with E-state index in [1.807, 2.05) is 55.5 Å². The summed E-state index contributed by atoms with van der Waals surface area (Å²) in [7, 11) is 3.39. The maximum absolute atomic E-state index is 12.8. The molecule has 0 atom stereocenters. The highest BCUT2D eigenvalue weighted by Gasteiger charge is 2.16. The third-order valence-corrected chi connectivity index (χ3v) is 4.83. The van der Waals surface area contributed by atoms with E-state index >= 15 is 0 Å². The molecule has 5 nitrogen and oxygen atoms in total. The summed E-state index contributed by atoms with van der Waals surface area (Å²) >= 11 is 3.39. The first-order chi connectivity index (χ1) is 13.0. The molecule has 0 saturated carbocycles. The third kappa shape index (κ3) is 4.57. The van der Waals surface area contributed by atoms with Gasteiger partial charge in [-0.2, -0.15) is 0 Å². The number of pyridine rings is 1. The van der Waals surface area contributed by atoms with Crippen LogP contribution in [0.4, 0.5) is 0 Å². The van der Waals surface area contributed by atoms with Crippen molar-refractivity contribution in [3.05, 3.63) is 64.3 Å². The molecule has 0 bridgehead atoms. The van der Waals surface area contributed by atoms with E-state index in [1.165, 1.54) is 0 Å². The average molecular weight is 429 g/mol. The highest BCUT2D eigenvalue weighted by molar-refractivity contribution is 9.10. The Bertz CT molecular complexity index is 958. The fourth-order valence-corrected chi connectivity index (χ4v) is 2.99. The molecule has 0 aliphatic rings. The summed E-state index contributed by atoms with van der Waals surface area (Å²) in [6.07, 6.45) is 0. The van der Waals surface area contributed by atoms with Gasteiger partial charge in [0.05, 0.1) is 30.4 Å². The van der Waals surface area contributed by atoms with E-state index in [-0.39, 0.29) is 5.91 Å². The zero-order chi connectivity index (χ0) is 19.4. The van der Waals surface area contributed by atoms with Crippen LogP contribution in [-0.4, -0.2) is 43.1 Å². The molecular formula is C21H21BrN2O3. The molecule has 1 aromatic heterocycles. The number of hydrogen-bond donors (Lipinski definition) is 0. The average Bonchev–Trinajstić information content (AvgIpc) is 2.67. The summed E-state index contributed by atoms with van der Waals surface area (Å²) < 4.78 is 11.9. The van der Waals surface area contributed by atoms with Gasteiger partial charge in [0.2, 0.25) is 0 Å². The monoisotopic (exact) mass is 428 g/mol. The van der Waals surface area contributed by atoms with Gasteiger partial charge in [-0.1, -0.05) is 15.9 Å². The van der Waals surface area contributed by atoms with Crippen molar-refractivity contribution in [1.82, 2.24) is 9.88 Å². The van der Waals surface area contributed by atoms with E-state index in [1.54, 1.807) is 19.1 Å². The fraction of sp³-hybridized carbons (Fsp3) is 0.238. The minimum Gasteiger partial charge on any atom is -0.497 e. The van der Waals surface area contributed by atoms with Gasteiger partial charge in [0, 0.05) is 23.0 Å². The summed E-state index contributed by atoms with van der Waals surface area (Å²) in [5.74, 6) is 1.45. The van der Waals surface area contributed by atoms with Crippen molar-refractivity contribution in [2.75, 3.05) is 27.3 Å². The standard InChI is InChI=1S/C21H21BrN2O3/c1-14-19(12-15-4-7-18(26-3)13-20(15)23-14)21(25)24(2)10-11-27-17-8-5-16(22)6-9-17/h4-9,12-13H,10-11H2,1-3H3. The molecular weight excluding hydrogens is 408 g/mol. The van der Waals surface area contributed by atoms with Crippen molar-refractivity contribution in [3.8, 4) is 11.5 Å². The molecule has 140 valence electrons. The Kier molecular flexibility index (Phi) is 5.96. The molecule has 0 aliphatic carbocycles. The van der Waals surface area contributed by atoms with Crippen molar-refractivity contribution in [3.63, 3.8) is 0 Å². The second-order valence-electron chi connectivity index (χ2n) is 6.21. The SMILES string of the molecule is COc1ccc2cc(C(=O)N(C)CCOc3ccc(Br)cc3)c(C)nc2c1. The number of carbonyl (C=O) groups is 1. The maximum Gasteiger partial charge on any atom is 0.255 e. The number of ether oxygens (including phenoxy) is 2.